The summed E-state index contributed by atoms with van der Waals surface area (Å²) in [4.78, 5) is 14.2. The van der Waals surface area contributed by atoms with E-state index in [1.165, 1.54) is 5.56 Å². The molecular formula is C17H20N2O3S. The average molecular weight is 332 g/mol. The quantitative estimate of drug-likeness (QED) is 0.844. The Labute approximate surface area is 139 Å². The van der Waals surface area contributed by atoms with Crippen molar-refractivity contribution in [3.8, 4) is 0 Å². The van der Waals surface area contributed by atoms with Crippen LogP contribution >= 0.6 is 12.2 Å². The highest BCUT2D eigenvalue weighted by molar-refractivity contribution is 7.71. The van der Waals surface area contributed by atoms with Crippen LogP contribution in [0.25, 0.3) is 0 Å². The van der Waals surface area contributed by atoms with Crippen LogP contribution in [-0.2, 0) is 11.2 Å². The molecule has 122 valence electrons. The fourth-order valence-corrected chi connectivity index (χ4v) is 3.16. The van der Waals surface area contributed by atoms with E-state index in [0.717, 1.165) is 12.8 Å². The number of ether oxygens (including phenoxy) is 1. The highest BCUT2D eigenvalue weighted by Crippen LogP contribution is 2.31. The molecule has 0 aliphatic carbocycles. The maximum absolute atomic E-state index is 11.6. The summed E-state index contributed by atoms with van der Waals surface area (Å²) in [6, 6.07) is 10.1. The molecule has 0 radical (unpaired) electrons. The smallest absolute Gasteiger partial charge is 0.254 e. The molecule has 1 aromatic carbocycles. The van der Waals surface area contributed by atoms with Crippen LogP contribution < -0.4 is 5.56 Å². The van der Waals surface area contributed by atoms with Gasteiger partial charge in [-0.2, -0.15) is 0 Å². The summed E-state index contributed by atoms with van der Waals surface area (Å²) in [6.07, 6.45) is 2.67. The first-order valence-electron chi connectivity index (χ1n) is 7.74. The highest BCUT2D eigenvalue weighted by Gasteiger charge is 2.34. The molecule has 0 bridgehead atoms. The molecule has 0 unspecified atom stereocenters. The van der Waals surface area contributed by atoms with E-state index in [-0.39, 0.29) is 17.9 Å². The molecule has 6 heteroatoms. The van der Waals surface area contributed by atoms with E-state index in [4.69, 9.17) is 17.0 Å². The van der Waals surface area contributed by atoms with Crippen molar-refractivity contribution in [3.05, 3.63) is 62.8 Å². The Kier molecular flexibility index (Phi) is 4.75. The molecule has 1 aliphatic rings. The Balaban J connectivity index is 1.70. The molecule has 0 spiro atoms. The lowest BCUT2D eigenvalue weighted by molar-refractivity contribution is -0.0232. The molecule has 1 saturated heterocycles. The van der Waals surface area contributed by atoms with E-state index in [1.54, 1.807) is 17.7 Å². The average Bonchev–Trinajstić information content (AvgIpc) is 2.91. The van der Waals surface area contributed by atoms with Crippen LogP contribution in [0.1, 0.15) is 30.2 Å². The summed E-state index contributed by atoms with van der Waals surface area (Å²) < 4.78 is 8.02. The first kappa shape index (κ1) is 16.1. The van der Waals surface area contributed by atoms with Crippen molar-refractivity contribution in [2.24, 2.45) is 0 Å². The van der Waals surface area contributed by atoms with Gasteiger partial charge in [-0.3, -0.25) is 14.3 Å². The van der Waals surface area contributed by atoms with Gasteiger partial charge in [-0.05, 0) is 37.5 Å². The van der Waals surface area contributed by atoms with Crippen molar-refractivity contribution in [3.63, 3.8) is 0 Å². The van der Waals surface area contributed by atoms with E-state index < -0.39 is 6.10 Å². The summed E-state index contributed by atoms with van der Waals surface area (Å²) >= 11 is 5.20. The molecule has 1 fully saturated rings. The summed E-state index contributed by atoms with van der Waals surface area (Å²) in [5.41, 5.74) is 1.61. The minimum Gasteiger partial charge on any atom is -0.390 e. The standard InChI is InChI=1S/C17H20N2O3S/c1-11-10-19(17(23)18-16(11)21)15-9-13(20)14(22-15)8-7-12-5-3-2-4-6-12/h2-6,10,13-15,20H,7-9H2,1H3,(H,18,21,23)/t13-,14+,15+/m0/s1. The lowest BCUT2D eigenvalue weighted by Gasteiger charge is -2.17. The molecule has 1 aliphatic heterocycles. The summed E-state index contributed by atoms with van der Waals surface area (Å²) in [5, 5.41) is 10.3. The Morgan fingerprint density at radius 1 is 1.39 bits per heavy atom. The Morgan fingerprint density at radius 2 is 2.13 bits per heavy atom. The molecule has 2 heterocycles. The number of nitrogens with one attached hydrogen (secondary N) is 1. The first-order valence-corrected chi connectivity index (χ1v) is 8.15. The third-order valence-electron chi connectivity index (χ3n) is 4.22. The Morgan fingerprint density at radius 3 is 2.87 bits per heavy atom. The molecule has 0 saturated carbocycles. The fourth-order valence-electron chi connectivity index (χ4n) is 2.90. The predicted octanol–water partition coefficient (Wildman–Crippen LogP) is 2.50. The minimum absolute atomic E-state index is 0.189. The molecule has 1 aromatic heterocycles. The molecule has 5 nitrogen and oxygen atoms in total. The topological polar surface area (TPSA) is 67.2 Å². The Bertz CT molecular complexity index is 784. The number of nitrogens with zero attached hydrogens (tertiary/aromatic N) is 1. The number of aliphatic hydroxyl groups excluding tert-OH is 1. The van der Waals surface area contributed by atoms with Gasteiger partial charge in [0.05, 0.1) is 12.2 Å². The van der Waals surface area contributed by atoms with E-state index in [0.29, 0.717) is 16.8 Å². The SMILES string of the molecule is Cc1cn([C@H]2C[C@H](O)[C@@H](CCc3ccccc3)O2)c(=S)[nH]c1=O. The largest absolute Gasteiger partial charge is 0.390 e. The number of rotatable bonds is 4. The van der Waals surface area contributed by atoms with Crippen LogP contribution in [0.2, 0.25) is 0 Å². The number of benzene rings is 1. The zero-order chi connectivity index (χ0) is 16.4. The molecule has 2 aromatic rings. The van der Waals surface area contributed by atoms with Crippen molar-refractivity contribution in [1.82, 2.24) is 9.55 Å². The zero-order valence-electron chi connectivity index (χ0n) is 12.9. The van der Waals surface area contributed by atoms with Crippen molar-refractivity contribution in [1.29, 1.82) is 0 Å². The number of aryl methyl sites for hydroxylation is 2. The zero-order valence-corrected chi connectivity index (χ0v) is 13.8. The lowest BCUT2D eigenvalue weighted by Crippen LogP contribution is -2.21. The van der Waals surface area contributed by atoms with Gasteiger partial charge < -0.3 is 9.84 Å². The maximum Gasteiger partial charge on any atom is 0.254 e. The van der Waals surface area contributed by atoms with Crippen molar-refractivity contribution >= 4 is 12.2 Å². The molecule has 3 atom stereocenters. The van der Waals surface area contributed by atoms with Gasteiger partial charge in [0.1, 0.15) is 6.23 Å². The Hall–Kier alpha value is -1.76. The van der Waals surface area contributed by atoms with E-state index in [2.05, 4.69) is 17.1 Å². The second kappa shape index (κ2) is 6.78. The van der Waals surface area contributed by atoms with Crippen LogP contribution in [0.5, 0.6) is 0 Å². The van der Waals surface area contributed by atoms with Gasteiger partial charge in [0, 0.05) is 18.2 Å². The van der Waals surface area contributed by atoms with E-state index in [9.17, 15) is 9.90 Å². The number of hydrogen-bond acceptors (Lipinski definition) is 4. The van der Waals surface area contributed by atoms with Crippen molar-refractivity contribution < 1.29 is 9.84 Å². The predicted molar refractivity (Wildman–Crippen MR) is 89.9 cm³/mol. The van der Waals surface area contributed by atoms with E-state index >= 15 is 0 Å². The van der Waals surface area contributed by atoms with Gasteiger partial charge in [0.15, 0.2) is 4.77 Å². The monoisotopic (exact) mass is 332 g/mol. The second-order valence-corrected chi connectivity index (χ2v) is 6.32. The molecule has 23 heavy (non-hydrogen) atoms. The number of hydrogen-bond donors (Lipinski definition) is 2. The normalized spacial score (nSPS) is 24.0. The van der Waals surface area contributed by atoms with Gasteiger partial charge in [0.2, 0.25) is 0 Å². The van der Waals surface area contributed by atoms with Crippen LogP contribution in [0.4, 0.5) is 0 Å². The van der Waals surface area contributed by atoms with Crippen molar-refractivity contribution in [2.75, 3.05) is 0 Å². The molecular weight excluding hydrogens is 312 g/mol. The summed E-state index contributed by atoms with van der Waals surface area (Å²) in [7, 11) is 0. The van der Waals surface area contributed by atoms with Crippen LogP contribution in [0.3, 0.4) is 0 Å². The second-order valence-electron chi connectivity index (χ2n) is 5.94. The van der Waals surface area contributed by atoms with Gasteiger partial charge in [0.25, 0.3) is 5.56 Å². The van der Waals surface area contributed by atoms with Crippen LogP contribution in [0.15, 0.2) is 41.3 Å². The summed E-state index contributed by atoms with van der Waals surface area (Å²) in [5.74, 6) is 0. The molecule has 2 N–H and O–H groups in total. The van der Waals surface area contributed by atoms with Gasteiger partial charge in [-0.25, -0.2) is 0 Å². The fraction of sp³-hybridized carbons (Fsp3) is 0.412. The van der Waals surface area contributed by atoms with Crippen molar-refractivity contribution in [2.45, 2.75) is 44.6 Å². The number of aliphatic hydroxyl groups is 1. The molecule has 3 rings (SSSR count). The number of aromatic nitrogens is 2. The summed E-state index contributed by atoms with van der Waals surface area (Å²) in [6.45, 7) is 1.72. The van der Waals surface area contributed by atoms with E-state index in [1.807, 2.05) is 18.2 Å². The van der Waals surface area contributed by atoms with Gasteiger partial charge in [-0.15, -0.1) is 0 Å². The number of aromatic amines is 1. The third-order valence-corrected chi connectivity index (χ3v) is 4.53. The lowest BCUT2D eigenvalue weighted by atomic mass is 10.0. The van der Waals surface area contributed by atoms with Gasteiger partial charge >= 0.3 is 0 Å². The van der Waals surface area contributed by atoms with Crippen LogP contribution in [-0.4, -0.2) is 26.9 Å². The van der Waals surface area contributed by atoms with Gasteiger partial charge in [-0.1, -0.05) is 30.3 Å². The maximum atomic E-state index is 11.6. The first-order chi connectivity index (χ1) is 11.0. The highest BCUT2D eigenvalue weighted by atomic mass is 32.1. The third kappa shape index (κ3) is 3.60. The minimum atomic E-state index is -0.530. The van der Waals surface area contributed by atoms with Crippen LogP contribution in [0, 0.1) is 11.7 Å². The number of H-pyrrole nitrogens is 1. The molecule has 0 amide bonds.